The molecule has 0 spiro atoms. The molecular weight excluding hydrogens is 254 g/mol. The second-order valence-electron chi connectivity index (χ2n) is 4.23. The summed E-state index contributed by atoms with van der Waals surface area (Å²) in [6.07, 6.45) is 0.904. The highest BCUT2D eigenvalue weighted by molar-refractivity contribution is 5.96. The fourth-order valence-electron chi connectivity index (χ4n) is 1.63. The van der Waals surface area contributed by atoms with Crippen LogP contribution in [-0.2, 0) is 14.4 Å². The van der Waals surface area contributed by atoms with Crippen molar-refractivity contribution in [2.24, 2.45) is 0 Å². The molecule has 0 aliphatic carbocycles. The van der Waals surface area contributed by atoms with Gasteiger partial charge in [-0.05, 0) is 12.8 Å². The Kier molecular flexibility index (Phi) is 5.77. The van der Waals surface area contributed by atoms with Crippen LogP contribution in [-0.4, -0.2) is 53.5 Å². The lowest BCUT2D eigenvalue weighted by atomic mass is 10.2. The van der Waals surface area contributed by atoms with Gasteiger partial charge in [0.1, 0.15) is 6.54 Å². The molecule has 0 atom stereocenters. The highest BCUT2D eigenvalue weighted by atomic mass is 16.4. The zero-order valence-electron chi connectivity index (χ0n) is 10.5. The first kappa shape index (κ1) is 14.9. The summed E-state index contributed by atoms with van der Waals surface area (Å²) in [5.74, 6) is -1.62. The van der Waals surface area contributed by atoms with E-state index in [0.717, 1.165) is 0 Å². The Morgan fingerprint density at radius 1 is 1.26 bits per heavy atom. The summed E-state index contributed by atoms with van der Waals surface area (Å²) in [4.78, 5) is 45.6. The van der Waals surface area contributed by atoms with Crippen molar-refractivity contribution in [2.45, 2.75) is 25.7 Å². The Morgan fingerprint density at radius 2 is 1.95 bits per heavy atom. The van der Waals surface area contributed by atoms with E-state index in [2.05, 4.69) is 10.6 Å². The number of carbonyl (C=O) groups excluding carboxylic acids is 3. The highest BCUT2D eigenvalue weighted by Crippen LogP contribution is 2.00. The highest BCUT2D eigenvalue weighted by Gasteiger charge is 2.22. The minimum absolute atomic E-state index is 0.00746. The Balaban J connectivity index is 2.22. The number of unbranched alkanes of at least 4 members (excludes halogenated alkanes) is 1. The molecule has 3 N–H and O–H groups in total. The second kappa shape index (κ2) is 7.34. The number of carboxylic acid groups (broad SMARTS) is 1. The molecule has 0 aromatic heterocycles. The first-order valence-corrected chi connectivity index (χ1v) is 6.06. The Hall–Kier alpha value is -2.12. The van der Waals surface area contributed by atoms with Crippen LogP contribution in [0.1, 0.15) is 25.7 Å². The zero-order valence-corrected chi connectivity index (χ0v) is 10.5. The van der Waals surface area contributed by atoms with Crippen LogP contribution >= 0.6 is 0 Å². The molecule has 0 unspecified atom stereocenters. The fourth-order valence-corrected chi connectivity index (χ4v) is 1.63. The van der Waals surface area contributed by atoms with E-state index in [1.54, 1.807) is 0 Å². The van der Waals surface area contributed by atoms with E-state index in [1.807, 2.05) is 0 Å². The third kappa shape index (κ3) is 5.84. The van der Waals surface area contributed by atoms with E-state index >= 15 is 0 Å². The lowest BCUT2D eigenvalue weighted by Crippen LogP contribution is -2.53. The fraction of sp³-hybridized carbons (Fsp3) is 0.636. The van der Waals surface area contributed by atoms with Gasteiger partial charge in [0.25, 0.3) is 0 Å². The largest absolute Gasteiger partial charge is 0.481 e. The lowest BCUT2D eigenvalue weighted by Gasteiger charge is -2.26. The monoisotopic (exact) mass is 271 g/mol. The van der Waals surface area contributed by atoms with Crippen LogP contribution in [0.5, 0.6) is 0 Å². The zero-order chi connectivity index (χ0) is 14.3. The molecule has 106 valence electrons. The average Bonchev–Trinajstić information content (AvgIpc) is 2.34. The summed E-state index contributed by atoms with van der Waals surface area (Å²) in [7, 11) is 0. The van der Waals surface area contributed by atoms with E-state index in [1.165, 1.54) is 4.90 Å². The molecular formula is C11H17N3O5. The van der Waals surface area contributed by atoms with Gasteiger partial charge in [0.05, 0.1) is 0 Å². The van der Waals surface area contributed by atoms with Gasteiger partial charge in [-0.15, -0.1) is 0 Å². The van der Waals surface area contributed by atoms with Crippen LogP contribution in [0, 0.1) is 0 Å². The first-order chi connectivity index (χ1) is 8.99. The van der Waals surface area contributed by atoms with Gasteiger partial charge >= 0.3 is 12.0 Å². The number of urea groups is 1. The maximum atomic E-state index is 11.6. The maximum Gasteiger partial charge on any atom is 0.324 e. The van der Waals surface area contributed by atoms with E-state index in [-0.39, 0.29) is 25.3 Å². The quantitative estimate of drug-likeness (QED) is 0.572. The van der Waals surface area contributed by atoms with Crippen molar-refractivity contribution >= 4 is 23.8 Å². The predicted octanol–water partition coefficient (Wildman–Crippen LogP) is -0.701. The van der Waals surface area contributed by atoms with Crippen molar-refractivity contribution < 1.29 is 24.3 Å². The number of carbonyl (C=O) groups is 4. The van der Waals surface area contributed by atoms with Crippen molar-refractivity contribution in [3.05, 3.63) is 0 Å². The molecule has 1 heterocycles. The normalized spacial score (nSPS) is 14.7. The SMILES string of the molecule is O=C(O)CCCCC(=O)NC(=O)N1CCNC(=O)C1. The molecule has 19 heavy (non-hydrogen) atoms. The van der Waals surface area contributed by atoms with Crippen LogP contribution in [0.2, 0.25) is 0 Å². The molecule has 0 bridgehead atoms. The van der Waals surface area contributed by atoms with Crippen molar-refractivity contribution in [2.75, 3.05) is 19.6 Å². The number of nitrogens with one attached hydrogen (secondary N) is 2. The lowest BCUT2D eigenvalue weighted by molar-refractivity contribution is -0.137. The first-order valence-electron chi connectivity index (χ1n) is 6.06. The van der Waals surface area contributed by atoms with Crippen LogP contribution in [0.4, 0.5) is 4.79 Å². The minimum Gasteiger partial charge on any atom is -0.481 e. The number of nitrogens with zero attached hydrogens (tertiary/aromatic N) is 1. The van der Waals surface area contributed by atoms with Crippen LogP contribution in [0.3, 0.4) is 0 Å². The maximum absolute atomic E-state index is 11.6. The molecule has 0 radical (unpaired) electrons. The summed E-state index contributed by atoms with van der Waals surface area (Å²) in [5, 5.41) is 13.2. The van der Waals surface area contributed by atoms with E-state index in [0.29, 0.717) is 25.9 Å². The summed E-state index contributed by atoms with van der Waals surface area (Å²) >= 11 is 0. The van der Waals surface area contributed by atoms with E-state index < -0.39 is 17.9 Å². The predicted molar refractivity (Wildman–Crippen MR) is 64.2 cm³/mol. The number of carboxylic acids is 1. The molecule has 8 heteroatoms. The van der Waals surface area contributed by atoms with Crippen molar-refractivity contribution in [3.8, 4) is 0 Å². The molecule has 1 fully saturated rings. The molecule has 0 saturated carbocycles. The molecule has 1 saturated heterocycles. The molecule has 4 amide bonds. The van der Waals surface area contributed by atoms with Gasteiger partial charge in [0.15, 0.2) is 0 Å². The second-order valence-corrected chi connectivity index (χ2v) is 4.23. The average molecular weight is 271 g/mol. The van der Waals surface area contributed by atoms with E-state index in [9.17, 15) is 19.2 Å². The molecule has 8 nitrogen and oxygen atoms in total. The summed E-state index contributed by atoms with van der Waals surface area (Å²) in [6, 6.07) is -0.585. The molecule has 1 aliphatic heterocycles. The van der Waals surface area contributed by atoms with Crippen LogP contribution in [0.25, 0.3) is 0 Å². The van der Waals surface area contributed by atoms with Gasteiger partial charge in [-0.3, -0.25) is 19.7 Å². The Bertz CT molecular complexity index is 383. The minimum atomic E-state index is -0.907. The molecule has 0 aromatic rings. The van der Waals surface area contributed by atoms with Gasteiger partial charge in [0.2, 0.25) is 11.8 Å². The van der Waals surface area contributed by atoms with Crippen molar-refractivity contribution in [1.82, 2.24) is 15.5 Å². The third-order valence-corrected chi connectivity index (χ3v) is 2.62. The number of imide groups is 1. The Morgan fingerprint density at radius 3 is 2.58 bits per heavy atom. The standard InChI is InChI=1S/C11H17N3O5/c15-8(3-1-2-4-10(17)18)13-11(19)14-6-5-12-9(16)7-14/h1-7H2,(H,12,16)(H,17,18)(H,13,15,19). The number of piperazine rings is 1. The number of hydrogen-bond acceptors (Lipinski definition) is 4. The van der Waals surface area contributed by atoms with Gasteiger partial charge in [-0.2, -0.15) is 0 Å². The summed E-state index contributed by atoms with van der Waals surface area (Å²) in [6.45, 7) is 0.682. The number of hydrogen-bond donors (Lipinski definition) is 3. The molecule has 1 aliphatic rings. The Labute approximate surface area is 110 Å². The van der Waals surface area contributed by atoms with E-state index in [4.69, 9.17) is 5.11 Å². The summed E-state index contributed by atoms with van der Waals surface area (Å²) < 4.78 is 0. The third-order valence-electron chi connectivity index (χ3n) is 2.62. The molecule has 1 rings (SSSR count). The van der Waals surface area contributed by atoms with Crippen LogP contribution in [0.15, 0.2) is 0 Å². The smallest absolute Gasteiger partial charge is 0.324 e. The summed E-state index contributed by atoms with van der Waals surface area (Å²) in [5.41, 5.74) is 0. The number of amides is 4. The van der Waals surface area contributed by atoms with Crippen LogP contribution < -0.4 is 10.6 Å². The number of aliphatic carboxylic acids is 1. The van der Waals surface area contributed by atoms with Gasteiger partial charge in [-0.1, -0.05) is 0 Å². The molecule has 0 aromatic carbocycles. The number of rotatable bonds is 5. The van der Waals surface area contributed by atoms with Gasteiger partial charge in [0, 0.05) is 25.9 Å². The topological polar surface area (TPSA) is 116 Å². The van der Waals surface area contributed by atoms with Gasteiger partial charge in [-0.25, -0.2) is 4.79 Å². The van der Waals surface area contributed by atoms with Crippen molar-refractivity contribution in [1.29, 1.82) is 0 Å². The van der Waals surface area contributed by atoms with Crippen molar-refractivity contribution in [3.63, 3.8) is 0 Å². The van der Waals surface area contributed by atoms with Gasteiger partial charge < -0.3 is 15.3 Å².